The van der Waals surface area contributed by atoms with E-state index in [1.807, 2.05) is 0 Å². The van der Waals surface area contributed by atoms with E-state index in [-0.39, 0.29) is 28.2 Å². The fraction of sp³-hybridized carbons (Fsp3) is 0.222. The molecule has 0 spiro atoms. The van der Waals surface area contributed by atoms with Crippen molar-refractivity contribution < 1.29 is 14.5 Å². The van der Waals surface area contributed by atoms with Gasteiger partial charge >= 0.3 is 0 Å². The summed E-state index contributed by atoms with van der Waals surface area (Å²) in [5.41, 5.74) is 1.38. The number of carbonyl (C=O) groups is 2. The highest BCUT2D eigenvalue weighted by Crippen LogP contribution is 2.27. The van der Waals surface area contributed by atoms with E-state index in [2.05, 4.69) is 5.32 Å². The molecule has 8 heteroatoms. The van der Waals surface area contributed by atoms with E-state index < -0.39 is 4.92 Å². The molecule has 0 aromatic heterocycles. The van der Waals surface area contributed by atoms with Crippen LogP contribution in [-0.2, 0) is 11.3 Å². The Labute approximate surface area is 154 Å². The Morgan fingerprint density at radius 1 is 1.23 bits per heavy atom. The van der Waals surface area contributed by atoms with Gasteiger partial charge in [-0.3, -0.25) is 19.7 Å². The number of rotatable bonds is 5. The number of halogens is 1. The largest absolute Gasteiger partial charge is 0.338 e. The number of benzene rings is 2. The van der Waals surface area contributed by atoms with E-state index >= 15 is 0 Å². The Bertz CT molecular complexity index is 867. The standard InChI is InChI=1S/C18H16ClN3O4/c19-15-8-7-14(10-16(15)22(25)26)20-18(24)13-5-3-12(4-6-13)11-21-9-1-2-17(21)23/h3-8,10H,1-2,9,11H2,(H,20,24). The molecule has 2 amide bonds. The summed E-state index contributed by atoms with van der Waals surface area (Å²) in [6.07, 6.45) is 1.47. The number of likely N-dealkylation sites (tertiary alicyclic amines) is 1. The van der Waals surface area contributed by atoms with Crippen LogP contribution in [0.15, 0.2) is 42.5 Å². The molecule has 1 saturated heterocycles. The van der Waals surface area contributed by atoms with Crippen LogP contribution in [0.1, 0.15) is 28.8 Å². The molecule has 1 aliphatic rings. The summed E-state index contributed by atoms with van der Waals surface area (Å²) in [5, 5.41) is 13.5. The van der Waals surface area contributed by atoms with Crippen LogP contribution < -0.4 is 5.32 Å². The summed E-state index contributed by atoms with van der Waals surface area (Å²) in [6, 6.07) is 11.0. The summed E-state index contributed by atoms with van der Waals surface area (Å²) < 4.78 is 0. The first-order valence-electron chi connectivity index (χ1n) is 8.06. The lowest BCUT2D eigenvalue weighted by Gasteiger charge is -2.15. The van der Waals surface area contributed by atoms with Crippen molar-refractivity contribution in [3.05, 3.63) is 68.7 Å². The summed E-state index contributed by atoms with van der Waals surface area (Å²) in [6.45, 7) is 1.29. The lowest BCUT2D eigenvalue weighted by Crippen LogP contribution is -2.23. The van der Waals surface area contributed by atoms with Gasteiger partial charge in [0.15, 0.2) is 0 Å². The topological polar surface area (TPSA) is 92.5 Å². The molecule has 1 N–H and O–H groups in total. The van der Waals surface area contributed by atoms with Gasteiger partial charge in [-0.15, -0.1) is 0 Å². The minimum absolute atomic E-state index is 0.00816. The van der Waals surface area contributed by atoms with Crippen molar-refractivity contribution in [2.24, 2.45) is 0 Å². The molecule has 0 bridgehead atoms. The number of hydrogen-bond acceptors (Lipinski definition) is 4. The summed E-state index contributed by atoms with van der Waals surface area (Å²) >= 11 is 5.76. The SMILES string of the molecule is O=C(Nc1ccc(Cl)c([N+](=O)[O-])c1)c1ccc(CN2CCCC2=O)cc1. The second kappa shape index (κ2) is 7.53. The summed E-state index contributed by atoms with van der Waals surface area (Å²) in [7, 11) is 0. The number of anilines is 1. The Kier molecular flexibility index (Phi) is 5.18. The van der Waals surface area contributed by atoms with Gasteiger partial charge in [-0.1, -0.05) is 23.7 Å². The Hall–Kier alpha value is -2.93. The molecule has 0 atom stereocenters. The van der Waals surface area contributed by atoms with Crippen LogP contribution in [0.3, 0.4) is 0 Å². The van der Waals surface area contributed by atoms with Crippen LogP contribution in [0.5, 0.6) is 0 Å². The first kappa shape index (κ1) is 17.9. The van der Waals surface area contributed by atoms with Crippen molar-refractivity contribution in [3.63, 3.8) is 0 Å². The zero-order valence-corrected chi connectivity index (χ0v) is 14.5. The van der Waals surface area contributed by atoms with E-state index in [1.165, 1.54) is 18.2 Å². The molecule has 2 aromatic carbocycles. The van der Waals surface area contributed by atoms with E-state index in [0.717, 1.165) is 18.5 Å². The van der Waals surface area contributed by atoms with Gasteiger partial charge in [-0.25, -0.2) is 0 Å². The van der Waals surface area contributed by atoms with Gasteiger partial charge < -0.3 is 10.2 Å². The molecule has 0 aliphatic carbocycles. The maximum atomic E-state index is 12.3. The molecular formula is C18H16ClN3O4. The van der Waals surface area contributed by atoms with Gasteiger partial charge in [-0.2, -0.15) is 0 Å². The van der Waals surface area contributed by atoms with E-state index in [0.29, 0.717) is 18.5 Å². The smallest absolute Gasteiger partial charge is 0.289 e. The molecule has 2 aromatic rings. The number of amides is 2. The molecule has 134 valence electrons. The van der Waals surface area contributed by atoms with E-state index in [4.69, 9.17) is 11.6 Å². The summed E-state index contributed by atoms with van der Waals surface area (Å²) in [5.74, 6) is -0.235. The molecule has 0 radical (unpaired) electrons. The quantitative estimate of drug-likeness (QED) is 0.639. The van der Waals surface area contributed by atoms with Crippen molar-refractivity contribution >= 4 is 34.8 Å². The molecule has 1 heterocycles. The maximum Gasteiger partial charge on any atom is 0.289 e. The first-order valence-corrected chi connectivity index (χ1v) is 8.44. The monoisotopic (exact) mass is 373 g/mol. The number of carbonyl (C=O) groups excluding carboxylic acids is 2. The number of hydrogen-bond donors (Lipinski definition) is 1. The van der Waals surface area contributed by atoms with E-state index in [1.54, 1.807) is 29.2 Å². The fourth-order valence-corrected chi connectivity index (χ4v) is 2.97. The van der Waals surface area contributed by atoms with Crippen molar-refractivity contribution in [2.75, 3.05) is 11.9 Å². The Morgan fingerprint density at radius 3 is 2.58 bits per heavy atom. The van der Waals surface area contributed by atoms with Gasteiger partial charge in [0.2, 0.25) is 5.91 Å². The Balaban J connectivity index is 1.67. The third kappa shape index (κ3) is 4.00. The molecule has 0 unspecified atom stereocenters. The van der Waals surface area contributed by atoms with Gasteiger partial charge in [-0.05, 0) is 36.2 Å². The zero-order valence-electron chi connectivity index (χ0n) is 13.8. The van der Waals surface area contributed by atoms with Crippen molar-refractivity contribution in [1.82, 2.24) is 4.90 Å². The summed E-state index contributed by atoms with van der Waals surface area (Å²) in [4.78, 5) is 36.1. The third-order valence-corrected chi connectivity index (χ3v) is 4.48. The highest BCUT2D eigenvalue weighted by molar-refractivity contribution is 6.32. The highest BCUT2D eigenvalue weighted by Gasteiger charge is 2.20. The lowest BCUT2D eigenvalue weighted by molar-refractivity contribution is -0.384. The third-order valence-electron chi connectivity index (χ3n) is 4.16. The molecule has 3 rings (SSSR count). The minimum atomic E-state index is -0.605. The number of nitrogens with one attached hydrogen (secondary N) is 1. The van der Waals surface area contributed by atoms with Gasteiger partial charge in [0.1, 0.15) is 5.02 Å². The molecular weight excluding hydrogens is 358 g/mol. The average Bonchev–Trinajstić information content (AvgIpc) is 3.02. The highest BCUT2D eigenvalue weighted by atomic mass is 35.5. The number of nitrogens with zero attached hydrogens (tertiary/aromatic N) is 2. The predicted molar refractivity (Wildman–Crippen MR) is 97.2 cm³/mol. The van der Waals surface area contributed by atoms with Gasteiger partial charge in [0, 0.05) is 36.8 Å². The van der Waals surface area contributed by atoms with Gasteiger partial charge in [0.25, 0.3) is 11.6 Å². The molecule has 0 saturated carbocycles. The van der Waals surface area contributed by atoms with Crippen molar-refractivity contribution in [1.29, 1.82) is 0 Å². The second-order valence-electron chi connectivity index (χ2n) is 5.99. The van der Waals surface area contributed by atoms with Crippen LogP contribution in [0, 0.1) is 10.1 Å². The minimum Gasteiger partial charge on any atom is -0.338 e. The van der Waals surface area contributed by atoms with Crippen LogP contribution in [0.25, 0.3) is 0 Å². The second-order valence-corrected chi connectivity index (χ2v) is 6.40. The Morgan fingerprint density at radius 2 is 1.96 bits per heavy atom. The van der Waals surface area contributed by atoms with Crippen molar-refractivity contribution in [2.45, 2.75) is 19.4 Å². The number of nitro groups is 1. The van der Waals surface area contributed by atoms with Crippen molar-refractivity contribution in [3.8, 4) is 0 Å². The first-order chi connectivity index (χ1) is 12.4. The molecule has 1 fully saturated rings. The van der Waals surface area contributed by atoms with Crippen LogP contribution >= 0.6 is 11.6 Å². The van der Waals surface area contributed by atoms with Crippen LogP contribution in [0.4, 0.5) is 11.4 Å². The maximum absolute atomic E-state index is 12.3. The zero-order chi connectivity index (χ0) is 18.7. The van der Waals surface area contributed by atoms with Crippen LogP contribution in [0.2, 0.25) is 5.02 Å². The average molecular weight is 374 g/mol. The molecule has 7 nitrogen and oxygen atoms in total. The molecule has 26 heavy (non-hydrogen) atoms. The fourth-order valence-electron chi connectivity index (χ4n) is 2.79. The number of nitro benzene ring substituents is 1. The van der Waals surface area contributed by atoms with Crippen LogP contribution in [-0.4, -0.2) is 28.2 Å². The van der Waals surface area contributed by atoms with E-state index in [9.17, 15) is 19.7 Å². The van der Waals surface area contributed by atoms with Gasteiger partial charge in [0.05, 0.1) is 4.92 Å². The molecule has 1 aliphatic heterocycles. The normalized spacial score (nSPS) is 13.7. The lowest BCUT2D eigenvalue weighted by atomic mass is 10.1. The predicted octanol–water partition coefficient (Wildman–Crippen LogP) is 3.62.